The molecule has 2 atom stereocenters. The quantitative estimate of drug-likeness (QED) is 0.775. The molecule has 2 unspecified atom stereocenters. The molecule has 0 saturated carbocycles. The number of aliphatic hydroxyl groups is 1. The molecular formula is C18H26N4O3. The summed E-state index contributed by atoms with van der Waals surface area (Å²) in [5.74, 6) is 0.755. The van der Waals surface area contributed by atoms with Gasteiger partial charge in [0, 0.05) is 45.5 Å². The normalized spacial score (nSPS) is 22.7. The van der Waals surface area contributed by atoms with Crippen molar-refractivity contribution in [3.05, 3.63) is 23.9 Å². The molecule has 2 aliphatic rings. The average Bonchev–Trinajstić information content (AvgIpc) is 3.16. The number of rotatable bonds is 7. The fraction of sp³-hybridized carbons (Fsp3) is 0.667. The predicted octanol–water partition coefficient (Wildman–Crippen LogP) is 0.632. The van der Waals surface area contributed by atoms with Crippen molar-refractivity contribution in [1.82, 2.24) is 9.88 Å². The first-order chi connectivity index (χ1) is 12.3. The van der Waals surface area contributed by atoms with Gasteiger partial charge in [0.15, 0.2) is 0 Å². The second-order valence-corrected chi connectivity index (χ2v) is 6.60. The van der Waals surface area contributed by atoms with Crippen LogP contribution >= 0.6 is 0 Å². The molecule has 7 nitrogen and oxygen atoms in total. The van der Waals surface area contributed by atoms with E-state index in [-0.39, 0.29) is 6.10 Å². The van der Waals surface area contributed by atoms with Gasteiger partial charge in [-0.05, 0) is 25.0 Å². The van der Waals surface area contributed by atoms with Gasteiger partial charge in [-0.2, -0.15) is 5.26 Å². The van der Waals surface area contributed by atoms with Crippen LogP contribution < -0.4 is 4.90 Å². The van der Waals surface area contributed by atoms with Gasteiger partial charge in [0.05, 0.1) is 31.0 Å². The summed E-state index contributed by atoms with van der Waals surface area (Å²) < 4.78 is 11.1. The predicted molar refractivity (Wildman–Crippen MR) is 93.4 cm³/mol. The maximum absolute atomic E-state index is 10.2. The van der Waals surface area contributed by atoms with Gasteiger partial charge in [-0.15, -0.1) is 0 Å². The number of hydrogen-bond donors (Lipinski definition) is 1. The lowest BCUT2D eigenvalue weighted by Crippen LogP contribution is -2.49. The number of nitriles is 1. The molecule has 25 heavy (non-hydrogen) atoms. The molecule has 0 aromatic carbocycles. The molecule has 0 bridgehead atoms. The number of piperazine rings is 1. The summed E-state index contributed by atoms with van der Waals surface area (Å²) in [6.07, 6.45) is 3.58. The van der Waals surface area contributed by atoms with Crippen LogP contribution in [0.5, 0.6) is 0 Å². The van der Waals surface area contributed by atoms with Gasteiger partial charge in [-0.25, -0.2) is 4.98 Å². The number of aliphatic hydroxyl groups excluding tert-OH is 1. The van der Waals surface area contributed by atoms with E-state index in [1.54, 1.807) is 18.3 Å². The molecule has 0 spiro atoms. The Morgan fingerprint density at radius 2 is 2.24 bits per heavy atom. The van der Waals surface area contributed by atoms with E-state index in [0.717, 1.165) is 51.4 Å². The summed E-state index contributed by atoms with van der Waals surface area (Å²) >= 11 is 0. The molecule has 2 aliphatic heterocycles. The smallest absolute Gasteiger partial charge is 0.146 e. The standard InChI is InChI=1S/C18H26N4O3/c19-11-15-3-1-5-20-18(15)22-8-6-21(7-9-22)12-16(23)13-24-14-17-4-2-10-25-17/h1,3,5,16-17,23H,2,4,6-10,12-14H2. The van der Waals surface area contributed by atoms with E-state index >= 15 is 0 Å². The maximum atomic E-state index is 10.2. The summed E-state index contributed by atoms with van der Waals surface area (Å²) in [6, 6.07) is 5.78. The van der Waals surface area contributed by atoms with Crippen LogP contribution in [0.25, 0.3) is 0 Å². The van der Waals surface area contributed by atoms with Crippen LogP contribution in [0.3, 0.4) is 0 Å². The van der Waals surface area contributed by atoms with Crippen molar-refractivity contribution in [3.8, 4) is 6.07 Å². The summed E-state index contributed by atoms with van der Waals surface area (Å²) in [5, 5.41) is 19.4. The van der Waals surface area contributed by atoms with E-state index in [1.165, 1.54) is 0 Å². The third-order valence-corrected chi connectivity index (χ3v) is 4.69. The van der Waals surface area contributed by atoms with Crippen LogP contribution in [-0.4, -0.2) is 79.7 Å². The number of hydrogen-bond acceptors (Lipinski definition) is 7. The van der Waals surface area contributed by atoms with Crippen LogP contribution in [0.4, 0.5) is 5.82 Å². The van der Waals surface area contributed by atoms with E-state index in [2.05, 4.69) is 20.9 Å². The molecule has 2 saturated heterocycles. The molecule has 2 fully saturated rings. The Labute approximate surface area is 148 Å². The minimum absolute atomic E-state index is 0.198. The number of β-amino-alcohol motifs (C(OH)–C–C–N with tert-alkyl or cyclic N) is 1. The number of nitrogens with zero attached hydrogens (tertiary/aromatic N) is 4. The largest absolute Gasteiger partial charge is 0.389 e. The highest BCUT2D eigenvalue weighted by Crippen LogP contribution is 2.18. The second kappa shape index (κ2) is 9.11. The average molecular weight is 346 g/mol. The summed E-state index contributed by atoms with van der Waals surface area (Å²) in [4.78, 5) is 8.70. The molecular weight excluding hydrogens is 320 g/mol. The number of anilines is 1. The first-order valence-corrected chi connectivity index (χ1v) is 8.96. The lowest BCUT2D eigenvalue weighted by atomic mass is 10.2. The number of ether oxygens (including phenoxy) is 2. The van der Waals surface area contributed by atoms with Crippen LogP contribution in [0.1, 0.15) is 18.4 Å². The van der Waals surface area contributed by atoms with Gasteiger partial charge in [0.25, 0.3) is 0 Å². The lowest BCUT2D eigenvalue weighted by Gasteiger charge is -2.36. The zero-order chi connectivity index (χ0) is 17.5. The molecule has 3 rings (SSSR count). The SMILES string of the molecule is N#Cc1cccnc1N1CCN(CC(O)COCC2CCCO2)CC1. The summed E-state index contributed by atoms with van der Waals surface area (Å²) in [6.45, 7) is 5.62. The first kappa shape index (κ1) is 18.1. The number of pyridine rings is 1. The van der Waals surface area contributed by atoms with Gasteiger partial charge in [-0.1, -0.05) is 0 Å². The Balaban J connectivity index is 1.38. The molecule has 0 amide bonds. The monoisotopic (exact) mass is 346 g/mol. The van der Waals surface area contributed by atoms with E-state index in [4.69, 9.17) is 9.47 Å². The van der Waals surface area contributed by atoms with Crippen molar-refractivity contribution >= 4 is 5.82 Å². The highest BCUT2D eigenvalue weighted by atomic mass is 16.5. The van der Waals surface area contributed by atoms with Gasteiger partial charge in [-0.3, -0.25) is 4.90 Å². The highest BCUT2D eigenvalue weighted by Gasteiger charge is 2.22. The first-order valence-electron chi connectivity index (χ1n) is 8.96. The number of aromatic nitrogens is 1. The molecule has 1 N–H and O–H groups in total. The fourth-order valence-electron chi connectivity index (χ4n) is 3.34. The van der Waals surface area contributed by atoms with Gasteiger partial charge < -0.3 is 19.5 Å². The Morgan fingerprint density at radius 3 is 2.96 bits per heavy atom. The van der Waals surface area contributed by atoms with Crippen molar-refractivity contribution in [2.45, 2.75) is 25.0 Å². The second-order valence-electron chi connectivity index (χ2n) is 6.60. The van der Waals surface area contributed by atoms with E-state index < -0.39 is 6.10 Å². The molecule has 136 valence electrons. The van der Waals surface area contributed by atoms with Crippen LogP contribution in [0.2, 0.25) is 0 Å². The Morgan fingerprint density at radius 1 is 1.40 bits per heavy atom. The lowest BCUT2D eigenvalue weighted by molar-refractivity contribution is -0.0254. The molecule has 0 radical (unpaired) electrons. The zero-order valence-electron chi connectivity index (χ0n) is 14.5. The van der Waals surface area contributed by atoms with E-state index in [1.807, 2.05) is 0 Å². The van der Waals surface area contributed by atoms with E-state index in [0.29, 0.717) is 25.3 Å². The minimum Gasteiger partial charge on any atom is -0.389 e. The van der Waals surface area contributed by atoms with E-state index in [9.17, 15) is 10.4 Å². The Hall–Kier alpha value is -1.72. The summed E-state index contributed by atoms with van der Waals surface area (Å²) in [5.41, 5.74) is 0.610. The Bertz CT molecular complexity index is 578. The molecule has 0 aliphatic carbocycles. The van der Waals surface area contributed by atoms with Gasteiger partial charge in [0.2, 0.25) is 0 Å². The molecule has 1 aromatic heterocycles. The molecule has 7 heteroatoms. The third kappa shape index (κ3) is 5.13. The van der Waals surface area contributed by atoms with Gasteiger partial charge in [0.1, 0.15) is 11.9 Å². The molecule has 3 heterocycles. The fourth-order valence-corrected chi connectivity index (χ4v) is 3.34. The zero-order valence-corrected chi connectivity index (χ0v) is 14.5. The third-order valence-electron chi connectivity index (χ3n) is 4.69. The maximum Gasteiger partial charge on any atom is 0.146 e. The van der Waals surface area contributed by atoms with Crippen molar-refractivity contribution in [3.63, 3.8) is 0 Å². The van der Waals surface area contributed by atoms with Crippen LogP contribution in [0, 0.1) is 11.3 Å². The van der Waals surface area contributed by atoms with Crippen molar-refractivity contribution in [1.29, 1.82) is 5.26 Å². The minimum atomic E-state index is -0.488. The summed E-state index contributed by atoms with van der Waals surface area (Å²) in [7, 11) is 0. The highest BCUT2D eigenvalue weighted by molar-refractivity contribution is 5.53. The van der Waals surface area contributed by atoms with Crippen molar-refractivity contribution in [2.24, 2.45) is 0 Å². The topological polar surface area (TPSA) is 81.9 Å². The van der Waals surface area contributed by atoms with Crippen LogP contribution in [-0.2, 0) is 9.47 Å². The van der Waals surface area contributed by atoms with Crippen molar-refractivity contribution in [2.75, 3.05) is 57.4 Å². The van der Waals surface area contributed by atoms with Crippen LogP contribution in [0.15, 0.2) is 18.3 Å². The molecule has 1 aromatic rings. The van der Waals surface area contributed by atoms with Gasteiger partial charge >= 0.3 is 0 Å². The Kier molecular flexibility index (Phi) is 6.59. The van der Waals surface area contributed by atoms with Crippen molar-refractivity contribution < 1.29 is 14.6 Å².